The van der Waals surface area contributed by atoms with Crippen LogP contribution in [0.4, 0.5) is 5.69 Å². The fraction of sp³-hybridized carbons (Fsp3) is 0.600. The van der Waals surface area contributed by atoms with Crippen LogP contribution in [0.1, 0.15) is 25.8 Å². The van der Waals surface area contributed by atoms with Crippen molar-refractivity contribution in [3.63, 3.8) is 0 Å². The molecule has 2 rings (SSSR count). The summed E-state index contributed by atoms with van der Waals surface area (Å²) in [5, 5.41) is 4.30. The molecule has 0 aliphatic carbocycles. The summed E-state index contributed by atoms with van der Waals surface area (Å²) in [6.07, 6.45) is 1.20. The van der Waals surface area contributed by atoms with E-state index < -0.39 is 0 Å². The molecule has 0 spiro atoms. The Morgan fingerprint density at radius 3 is 2.72 bits per heavy atom. The number of halogens is 1. The summed E-state index contributed by atoms with van der Waals surface area (Å²) in [6, 6.07) is 6.88. The van der Waals surface area contributed by atoms with E-state index in [1.165, 1.54) is 12.1 Å². The van der Waals surface area contributed by atoms with Crippen LogP contribution in [0.5, 0.6) is 0 Å². The minimum absolute atomic E-state index is 0.361. The summed E-state index contributed by atoms with van der Waals surface area (Å²) in [5.74, 6) is 0. The predicted octanol–water partition coefficient (Wildman–Crippen LogP) is 3.47. The molecule has 1 unspecified atom stereocenters. The molecule has 2 nitrogen and oxygen atoms in total. The van der Waals surface area contributed by atoms with Crippen molar-refractivity contribution >= 4 is 17.3 Å². The lowest BCUT2D eigenvalue weighted by Gasteiger charge is -2.44. The Morgan fingerprint density at radius 2 is 2.11 bits per heavy atom. The van der Waals surface area contributed by atoms with Gasteiger partial charge in [-0.2, -0.15) is 0 Å². The van der Waals surface area contributed by atoms with Crippen molar-refractivity contribution in [2.24, 2.45) is 5.41 Å². The molecule has 1 aliphatic rings. The van der Waals surface area contributed by atoms with Gasteiger partial charge in [-0.05, 0) is 43.5 Å². The fourth-order valence-electron chi connectivity index (χ4n) is 2.65. The number of hydrogen-bond donors (Lipinski definition) is 1. The van der Waals surface area contributed by atoms with Gasteiger partial charge >= 0.3 is 0 Å². The molecule has 0 radical (unpaired) electrons. The minimum atomic E-state index is 0.361. The first-order valence-corrected chi connectivity index (χ1v) is 7.00. The van der Waals surface area contributed by atoms with E-state index in [9.17, 15) is 0 Å². The molecule has 1 aliphatic heterocycles. The highest BCUT2D eigenvalue weighted by Crippen LogP contribution is 2.33. The van der Waals surface area contributed by atoms with E-state index in [4.69, 9.17) is 11.6 Å². The van der Waals surface area contributed by atoms with E-state index in [-0.39, 0.29) is 0 Å². The SMILES string of the molecule is CNC1CN(c2ccc(C)c(Cl)c2)CCC1(C)C. The van der Waals surface area contributed by atoms with Crippen LogP contribution >= 0.6 is 11.6 Å². The summed E-state index contributed by atoms with van der Waals surface area (Å²) < 4.78 is 0. The second-order valence-electron chi connectivity index (χ2n) is 5.96. The second kappa shape index (κ2) is 5.10. The molecule has 1 atom stereocenters. The molecular weight excluding hydrogens is 244 g/mol. The number of benzene rings is 1. The molecule has 1 heterocycles. The molecule has 1 saturated heterocycles. The fourth-order valence-corrected chi connectivity index (χ4v) is 2.83. The van der Waals surface area contributed by atoms with Crippen LogP contribution in [0.3, 0.4) is 0 Å². The molecule has 3 heteroatoms. The zero-order valence-electron chi connectivity index (χ0n) is 11.8. The minimum Gasteiger partial charge on any atom is -0.370 e. The van der Waals surface area contributed by atoms with Gasteiger partial charge in [-0.3, -0.25) is 0 Å². The smallest absolute Gasteiger partial charge is 0.0455 e. The van der Waals surface area contributed by atoms with Crippen LogP contribution in [0.15, 0.2) is 18.2 Å². The first kappa shape index (κ1) is 13.7. The summed E-state index contributed by atoms with van der Waals surface area (Å²) in [5.41, 5.74) is 2.74. The van der Waals surface area contributed by atoms with E-state index in [2.05, 4.69) is 49.3 Å². The molecule has 1 aromatic carbocycles. The van der Waals surface area contributed by atoms with E-state index >= 15 is 0 Å². The van der Waals surface area contributed by atoms with Gasteiger partial charge in [0.25, 0.3) is 0 Å². The van der Waals surface area contributed by atoms with Crippen molar-refractivity contribution in [2.45, 2.75) is 33.2 Å². The zero-order valence-corrected chi connectivity index (χ0v) is 12.5. The van der Waals surface area contributed by atoms with Crippen LogP contribution in [0.2, 0.25) is 5.02 Å². The third-order valence-corrected chi connectivity index (χ3v) is 4.65. The number of rotatable bonds is 2. The first-order chi connectivity index (χ1) is 8.44. The lowest BCUT2D eigenvalue weighted by Crippen LogP contribution is -2.54. The van der Waals surface area contributed by atoms with Crippen molar-refractivity contribution < 1.29 is 0 Å². The van der Waals surface area contributed by atoms with Gasteiger partial charge in [-0.15, -0.1) is 0 Å². The Balaban J connectivity index is 2.18. The monoisotopic (exact) mass is 266 g/mol. The third-order valence-electron chi connectivity index (χ3n) is 4.24. The number of anilines is 1. The van der Waals surface area contributed by atoms with Gasteiger partial charge < -0.3 is 10.2 Å². The van der Waals surface area contributed by atoms with Crippen molar-refractivity contribution in [1.29, 1.82) is 0 Å². The highest BCUT2D eigenvalue weighted by Gasteiger charge is 2.34. The maximum atomic E-state index is 6.22. The van der Waals surface area contributed by atoms with E-state index in [1.54, 1.807) is 0 Å². The van der Waals surface area contributed by atoms with Crippen molar-refractivity contribution in [1.82, 2.24) is 5.32 Å². The van der Waals surface area contributed by atoms with Gasteiger partial charge in [0, 0.05) is 29.8 Å². The Labute approximate surface area is 115 Å². The largest absolute Gasteiger partial charge is 0.370 e. The summed E-state index contributed by atoms with van der Waals surface area (Å²) >= 11 is 6.22. The average molecular weight is 267 g/mol. The van der Waals surface area contributed by atoms with E-state index in [1.807, 2.05) is 6.92 Å². The van der Waals surface area contributed by atoms with Crippen molar-refractivity contribution in [2.75, 3.05) is 25.0 Å². The third kappa shape index (κ3) is 2.65. The molecule has 100 valence electrons. The molecule has 0 aromatic heterocycles. The normalized spacial score (nSPS) is 23.2. The number of aryl methyl sites for hydroxylation is 1. The van der Waals surface area contributed by atoms with Gasteiger partial charge in [0.2, 0.25) is 0 Å². The molecule has 0 amide bonds. The molecular formula is C15H23ClN2. The summed E-state index contributed by atoms with van der Waals surface area (Å²) in [4.78, 5) is 2.43. The number of hydrogen-bond acceptors (Lipinski definition) is 2. The summed E-state index contributed by atoms with van der Waals surface area (Å²) in [7, 11) is 2.05. The molecule has 1 fully saturated rings. The quantitative estimate of drug-likeness (QED) is 0.882. The number of piperidine rings is 1. The van der Waals surface area contributed by atoms with Crippen LogP contribution in [-0.2, 0) is 0 Å². The maximum Gasteiger partial charge on any atom is 0.0455 e. The van der Waals surface area contributed by atoms with Crippen molar-refractivity contribution in [3.05, 3.63) is 28.8 Å². The topological polar surface area (TPSA) is 15.3 Å². The molecule has 0 bridgehead atoms. The molecule has 1 N–H and O–H groups in total. The highest BCUT2D eigenvalue weighted by atomic mass is 35.5. The average Bonchev–Trinajstić information content (AvgIpc) is 2.32. The Morgan fingerprint density at radius 1 is 1.39 bits per heavy atom. The van der Waals surface area contributed by atoms with E-state index in [0.717, 1.165) is 23.7 Å². The Hall–Kier alpha value is -0.730. The van der Waals surface area contributed by atoms with Gasteiger partial charge in [0.15, 0.2) is 0 Å². The van der Waals surface area contributed by atoms with E-state index in [0.29, 0.717) is 11.5 Å². The predicted molar refractivity (Wildman–Crippen MR) is 79.6 cm³/mol. The van der Waals surface area contributed by atoms with Crippen LogP contribution in [-0.4, -0.2) is 26.2 Å². The zero-order chi connectivity index (χ0) is 13.3. The molecule has 0 saturated carbocycles. The van der Waals surface area contributed by atoms with Gasteiger partial charge in [0.05, 0.1) is 0 Å². The van der Waals surface area contributed by atoms with Crippen LogP contribution < -0.4 is 10.2 Å². The second-order valence-corrected chi connectivity index (χ2v) is 6.37. The standard InChI is InChI=1S/C15H23ClN2/c1-11-5-6-12(9-13(11)16)18-8-7-15(2,3)14(10-18)17-4/h5-6,9,14,17H,7-8,10H2,1-4H3. The van der Waals surface area contributed by atoms with Crippen LogP contribution in [0, 0.1) is 12.3 Å². The Kier molecular flexibility index (Phi) is 3.88. The lowest BCUT2D eigenvalue weighted by atomic mass is 9.78. The van der Waals surface area contributed by atoms with Crippen molar-refractivity contribution in [3.8, 4) is 0 Å². The lowest BCUT2D eigenvalue weighted by molar-refractivity contribution is 0.208. The molecule has 18 heavy (non-hydrogen) atoms. The Bertz CT molecular complexity index is 429. The van der Waals surface area contributed by atoms with Gasteiger partial charge in [0.1, 0.15) is 0 Å². The van der Waals surface area contributed by atoms with Crippen LogP contribution in [0.25, 0.3) is 0 Å². The highest BCUT2D eigenvalue weighted by molar-refractivity contribution is 6.31. The molecule has 1 aromatic rings. The number of likely N-dealkylation sites (N-methyl/N-ethyl adjacent to an activating group) is 1. The number of nitrogens with one attached hydrogen (secondary N) is 1. The summed E-state index contributed by atoms with van der Waals surface area (Å²) in [6.45, 7) is 8.87. The van der Waals surface area contributed by atoms with Gasteiger partial charge in [-0.25, -0.2) is 0 Å². The first-order valence-electron chi connectivity index (χ1n) is 6.62. The maximum absolute atomic E-state index is 6.22. The van der Waals surface area contributed by atoms with Gasteiger partial charge in [-0.1, -0.05) is 31.5 Å². The number of nitrogens with zero attached hydrogens (tertiary/aromatic N) is 1.